The first-order valence-corrected chi connectivity index (χ1v) is 9.61. The lowest BCUT2D eigenvalue weighted by atomic mass is 10.0. The number of urea groups is 1. The van der Waals surface area contributed by atoms with Crippen LogP contribution in [0.3, 0.4) is 0 Å². The van der Waals surface area contributed by atoms with E-state index in [4.69, 9.17) is 0 Å². The van der Waals surface area contributed by atoms with Crippen molar-refractivity contribution in [1.29, 1.82) is 0 Å². The first-order chi connectivity index (χ1) is 13.0. The molecule has 27 heavy (non-hydrogen) atoms. The van der Waals surface area contributed by atoms with E-state index in [1.807, 2.05) is 42.2 Å². The molecule has 2 unspecified atom stereocenters. The minimum atomic E-state index is 0.00941. The summed E-state index contributed by atoms with van der Waals surface area (Å²) in [5.74, 6) is 0.280. The maximum absolute atomic E-state index is 12.9. The predicted octanol–water partition coefficient (Wildman–Crippen LogP) is 3.41. The molecule has 1 aliphatic heterocycles. The van der Waals surface area contributed by atoms with E-state index in [9.17, 15) is 9.90 Å². The summed E-state index contributed by atoms with van der Waals surface area (Å²) < 4.78 is 0. The highest BCUT2D eigenvalue weighted by Gasteiger charge is 2.30. The highest BCUT2D eigenvalue weighted by Crippen LogP contribution is 2.25. The van der Waals surface area contributed by atoms with Gasteiger partial charge in [0.05, 0.1) is 6.04 Å². The third kappa shape index (κ3) is 5.23. The van der Waals surface area contributed by atoms with Gasteiger partial charge in [-0.1, -0.05) is 42.5 Å². The van der Waals surface area contributed by atoms with Crippen LogP contribution in [0.2, 0.25) is 0 Å². The monoisotopic (exact) mass is 367 g/mol. The number of benzene rings is 2. The highest BCUT2D eigenvalue weighted by atomic mass is 16.3. The van der Waals surface area contributed by atoms with Crippen molar-refractivity contribution in [2.24, 2.45) is 0 Å². The Balaban J connectivity index is 1.58. The van der Waals surface area contributed by atoms with E-state index >= 15 is 0 Å². The first-order valence-electron chi connectivity index (χ1n) is 9.61. The van der Waals surface area contributed by atoms with Crippen LogP contribution in [0, 0.1) is 0 Å². The van der Waals surface area contributed by atoms with Crippen molar-refractivity contribution in [2.75, 3.05) is 26.7 Å². The van der Waals surface area contributed by atoms with E-state index in [0.29, 0.717) is 0 Å². The number of rotatable bonds is 5. The number of amides is 2. The van der Waals surface area contributed by atoms with Gasteiger partial charge in [0.25, 0.3) is 0 Å². The zero-order valence-corrected chi connectivity index (χ0v) is 16.1. The van der Waals surface area contributed by atoms with Crippen molar-refractivity contribution < 1.29 is 9.90 Å². The molecule has 0 aromatic heterocycles. The predicted molar refractivity (Wildman–Crippen MR) is 108 cm³/mol. The number of hydrogen-bond donors (Lipinski definition) is 2. The van der Waals surface area contributed by atoms with Gasteiger partial charge in [-0.25, -0.2) is 4.79 Å². The number of phenols is 1. The fourth-order valence-electron chi connectivity index (χ4n) is 3.53. The minimum Gasteiger partial charge on any atom is -0.508 e. The summed E-state index contributed by atoms with van der Waals surface area (Å²) in [4.78, 5) is 17.2. The molecule has 1 heterocycles. The van der Waals surface area contributed by atoms with Crippen LogP contribution in [0.5, 0.6) is 5.75 Å². The summed E-state index contributed by atoms with van der Waals surface area (Å²) in [6.45, 7) is 4.51. The molecule has 0 saturated carbocycles. The van der Waals surface area contributed by atoms with E-state index in [0.717, 1.165) is 38.0 Å². The SMILES string of the molecule is CC(CCc1ccc(O)cc1)NC(=O)N1CCN(C)CC1c1ccccc1. The van der Waals surface area contributed by atoms with Crippen LogP contribution in [0.15, 0.2) is 54.6 Å². The highest BCUT2D eigenvalue weighted by molar-refractivity contribution is 5.75. The molecule has 1 saturated heterocycles. The molecule has 2 atom stereocenters. The summed E-state index contributed by atoms with van der Waals surface area (Å²) in [7, 11) is 2.10. The van der Waals surface area contributed by atoms with Crippen LogP contribution in [0.25, 0.3) is 0 Å². The minimum absolute atomic E-state index is 0.00941. The van der Waals surface area contributed by atoms with Gasteiger partial charge in [0.15, 0.2) is 0 Å². The standard InChI is InChI=1S/C22H29N3O2/c1-17(8-9-18-10-12-20(26)13-11-18)23-22(27)25-15-14-24(2)16-21(25)19-6-4-3-5-7-19/h3-7,10-13,17,21,26H,8-9,14-16H2,1-2H3,(H,23,27). The van der Waals surface area contributed by atoms with Crippen molar-refractivity contribution in [3.05, 3.63) is 65.7 Å². The summed E-state index contributed by atoms with van der Waals surface area (Å²) >= 11 is 0. The first kappa shape index (κ1) is 19.2. The number of hydrogen-bond acceptors (Lipinski definition) is 3. The summed E-state index contributed by atoms with van der Waals surface area (Å²) in [6, 6.07) is 17.7. The number of carbonyl (C=O) groups excluding carboxylic acids is 1. The topological polar surface area (TPSA) is 55.8 Å². The van der Waals surface area contributed by atoms with Crippen LogP contribution in [0.1, 0.15) is 30.5 Å². The maximum Gasteiger partial charge on any atom is 0.318 e. The Hall–Kier alpha value is -2.53. The fraction of sp³-hybridized carbons (Fsp3) is 0.409. The number of nitrogens with one attached hydrogen (secondary N) is 1. The van der Waals surface area contributed by atoms with Gasteiger partial charge in [-0.15, -0.1) is 0 Å². The molecule has 2 N–H and O–H groups in total. The molecular formula is C22H29N3O2. The Kier molecular flexibility index (Phi) is 6.35. The van der Waals surface area contributed by atoms with Crippen LogP contribution in [-0.4, -0.2) is 53.7 Å². The van der Waals surface area contributed by atoms with Crippen LogP contribution in [0.4, 0.5) is 4.79 Å². The zero-order valence-electron chi connectivity index (χ0n) is 16.1. The quantitative estimate of drug-likeness (QED) is 0.851. The molecule has 2 amide bonds. The normalized spacial score (nSPS) is 18.9. The van der Waals surface area contributed by atoms with Gasteiger partial charge in [0.2, 0.25) is 0 Å². The number of likely N-dealkylation sites (N-methyl/N-ethyl adjacent to an activating group) is 1. The van der Waals surface area contributed by atoms with Gasteiger partial charge in [-0.05, 0) is 50.1 Å². The number of nitrogens with zero attached hydrogens (tertiary/aromatic N) is 2. The molecule has 0 radical (unpaired) electrons. The number of carbonyl (C=O) groups is 1. The third-order valence-corrected chi connectivity index (χ3v) is 5.20. The van der Waals surface area contributed by atoms with Crippen molar-refractivity contribution >= 4 is 6.03 Å². The summed E-state index contributed by atoms with van der Waals surface area (Å²) in [5, 5.41) is 12.5. The Labute approximate surface area is 161 Å². The van der Waals surface area contributed by atoms with Gasteiger partial charge in [0, 0.05) is 25.7 Å². The second kappa shape index (κ2) is 8.91. The maximum atomic E-state index is 12.9. The van der Waals surface area contributed by atoms with Gasteiger partial charge < -0.3 is 20.2 Å². The van der Waals surface area contributed by atoms with E-state index < -0.39 is 0 Å². The second-order valence-electron chi connectivity index (χ2n) is 7.44. The van der Waals surface area contributed by atoms with Crippen LogP contribution in [-0.2, 0) is 6.42 Å². The van der Waals surface area contributed by atoms with E-state index in [-0.39, 0.29) is 23.9 Å². The van der Waals surface area contributed by atoms with Crippen LogP contribution >= 0.6 is 0 Å². The fourth-order valence-corrected chi connectivity index (χ4v) is 3.53. The number of aryl methyl sites for hydroxylation is 1. The van der Waals surface area contributed by atoms with Crippen LogP contribution < -0.4 is 5.32 Å². The van der Waals surface area contributed by atoms with Crippen molar-refractivity contribution in [2.45, 2.75) is 31.8 Å². The molecule has 144 valence electrons. The largest absolute Gasteiger partial charge is 0.508 e. The molecule has 5 nitrogen and oxygen atoms in total. The Morgan fingerprint density at radius 1 is 1.15 bits per heavy atom. The lowest BCUT2D eigenvalue weighted by Gasteiger charge is -2.40. The Bertz CT molecular complexity index is 733. The van der Waals surface area contributed by atoms with E-state index in [2.05, 4.69) is 29.4 Å². The Morgan fingerprint density at radius 3 is 2.56 bits per heavy atom. The zero-order chi connectivity index (χ0) is 19.2. The smallest absolute Gasteiger partial charge is 0.318 e. The average molecular weight is 367 g/mol. The van der Waals surface area contributed by atoms with E-state index in [1.54, 1.807) is 12.1 Å². The lowest BCUT2D eigenvalue weighted by molar-refractivity contribution is 0.107. The molecule has 1 fully saturated rings. The molecular weight excluding hydrogens is 338 g/mol. The average Bonchev–Trinajstić information content (AvgIpc) is 2.68. The molecule has 1 aliphatic rings. The van der Waals surface area contributed by atoms with Crippen molar-refractivity contribution in [1.82, 2.24) is 15.1 Å². The molecule has 5 heteroatoms. The van der Waals surface area contributed by atoms with Gasteiger partial charge in [0.1, 0.15) is 5.75 Å². The lowest BCUT2D eigenvalue weighted by Crippen LogP contribution is -2.53. The molecule has 2 aromatic carbocycles. The summed E-state index contributed by atoms with van der Waals surface area (Å²) in [5.41, 5.74) is 2.34. The van der Waals surface area contributed by atoms with Crippen molar-refractivity contribution in [3.63, 3.8) is 0 Å². The number of piperazine rings is 1. The molecule has 0 spiro atoms. The molecule has 0 aliphatic carbocycles. The third-order valence-electron chi connectivity index (χ3n) is 5.20. The van der Waals surface area contributed by atoms with Gasteiger partial charge in [-0.3, -0.25) is 0 Å². The Morgan fingerprint density at radius 2 is 1.85 bits per heavy atom. The van der Waals surface area contributed by atoms with Gasteiger partial charge >= 0.3 is 6.03 Å². The summed E-state index contributed by atoms with van der Waals surface area (Å²) in [6.07, 6.45) is 1.73. The van der Waals surface area contributed by atoms with Gasteiger partial charge in [-0.2, -0.15) is 0 Å². The molecule has 2 aromatic rings. The van der Waals surface area contributed by atoms with Crippen molar-refractivity contribution in [3.8, 4) is 5.75 Å². The number of phenolic OH excluding ortho intramolecular Hbond substituents is 1. The van der Waals surface area contributed by atoms with E-state index in [1.165, 1.54) is 5.56 Å². The molecule has 3 rings (SSSR count). The molecule has 0 bridgehead atoms. The second-order valence-corrected chi connectivity index (χ2v) is 7.44. The number of aromatic hydroxyl groups is 1.